The summed E-state index contributed by atoms with van der Waals surface area (Å²) in [6.07, 6.45) is 7.59. The molecule has 210 valence electrons. The highest BCUT2D eigenvalue weighted by Crippen LogP contribution is 2.37. The fraction of sp³-hybridized carbons (Fsp3) is 0.464. The van der Waals surface area contributed by atoms with E-state index in [0.717, 1.165) is 11.6 Å². The van der Waals surface area contributed by atoms with Crippen molar-refractivity contribution < 1.29 is 23.3 Å². The number of hydrogen-bond donors (Lipinski definition) is 1. The van der Waals surface area contributed by atoms with Gasteiger partial charge in [0.25, 0.3) is 0 Å². The predicted octanol–water partition coefficient (Wildman–Crippen LogP) is 5.18. The molecule has 1 aromatic heterocycles. The lowest BCUT2D eigenvalue weighted by molar-refractivity contribution is 0.142. The average molecular weight is 556 g/mol. The second-order valence-electron chi connectivity index (χ2n) is 10.6. The van der Waals surface area contributed by atoms with Gasteiger partial charge in [-0.05, 0) is 36.7 Å². The van der Waals surface area contributed by atoms with Crippen LogP contribution in [0.4, 0.5) is 16.2 Å². The number of hydrogen-bond acceptors (Lipinski definition) is 9. The number of halogens is 1. The smallest absolute Gasteiger partial charge is 0.227 e. The van der Waals surface area contributed by atoms with Crippen molar-refractivity contribution in [3.05, 3.63) is 59.1 Å². The highest BCUT2D eigenvalue weighted by atomic mass is 28.3. The van der Waals surface area contributed by atoms with Gasteiger partial charge in [0, 0.05) is 34.2 Å². The lowest BCUT2D eigenvalue weighted by atomic mass is 10.2. The third-order valence-corrected chi connectivity index (χ3v) is 7.87. The zero-order valence-corrected chi connectivity index (χ0v) is 24.4. The van der Waals surface area contributed by atoms with Gasteiger partial charge in [-0.2, -0.15) is 9.97 Å². The van der Waals surface area contributed by atoms with E-state index in [1.165, 1.54) is 12.1 Å². The van der Waals surface area contributed by atoms with Crippen LogP contribution in [0.15, 0.2) is 47.2 Å². The number of rotatable bonds is 7. The van der Waals surface area contributed by atoms with Gasteiger partial charge in [-0.3, -0.25) is 4.99 Å². The lowest BCUT2D eigenvalue weighted by Crippen LogP contribution is -2.34. The molecule has 3 heterocycles. The van der Waals surface area contributed by atoms with E-state index in [2.05, 4.69) is 29.9 Å². The lowest BCUT2D eigenvalue weighted by Gasteiger charge is -2.25. The first-order valence-electron chi connectivity index (χ1n) is 13.2. The van der Waals surface area contributed by atoms with Gasteiger partial charge in [-0.15, -0.1) is 0 Å². The van der Waals surface area contributed by atoms with E-state index in [1.807, 2.05) is 30.1 Å². The topological polar surface area (TPSA) is 90.3 Å². The van der Waals surface area contributed by atoms with E-state index in [0.29, 0.717) is 54.5 Å². The van der Waals surface area contributed by atoms with Crippen LogP contribution in [-0.2, 0) is 22.5 Å². The van der Waals surface area contributed by atoms with Crippen LogP contribution in [0, 0.1) is 5.82 Å². The van der Waals surface area contributed by atoms with Crippen LogP contribution < -0.4 is 19.7 Å². The Labute approximate surface area is 230 Å². The predicted molar refractivity (Wildman–Crippen MR) is 154 cm³/mol. The molecule has 0 fully saturated rings. The Morgan fingerprint density at radius 1 is 1.15 bits per heavy atom. The summed E-state index contributed by atoms with van der Waals surface area (Å²) in [6, 6.07) is 5.59. The molecule has 1 aromatic carbocycles. The number of fused-ring (bicyclic) bond motifs is 3. The molecule has 0 aliphatic carbocycles. The van der Waals surface area contributed by atoms with Crippen molar-refractivity contribution in [3.8, 4) is 11.6 Å². The molecule has 0 radical (unpaired) electrons. The molecule has 1 N–H and O–H groups in total. The van der Waals surface area contributed by atoms with Crippen LogP contribution in [0.2, 0.25) is 25.7 Å². The monoisotopic (exact) mass is 555 g/mol. The number of nitrogens with one attached hydrogen (secondary N) is 1. The maximum Gasteiger partial charge on any atom is 0.227 e. The van der Waals surface area contributed by atoms with Crippen molar-refractivity contribution in [2.75, 3.05) is 43.8 Å². The number of nitrogens with zero attached hydrogens (tertiary/aromatic N) is 4. The Morgan fingerprint density at radius 2 is 1.97 bits per heavy atom. The fourth-order valence-electron chi connectivity index (χ4n) is 4.09. The zero-order valence-electron chi connectivity index (χ0n) is 23.4. The quantitative estimate of drug-likeness (QED) is 0.369. The number of ether oxygens (including phenoxy) is 4. The summed E-state index contributed by atoms with van der Waals surface area (Å²) in [5.41, 5.74) is 1.45. The van der Waals surface area contributed by atoms with Gasteiger partial charge in [-0.25, -0.2) is 4.39 Å². The molecule has 11 heteroatoms. The first-order valence-corrected chi connectivity index (χ1v) is 16.9. The van der Waals surface area contributed by atoms with Crippen molar-refractivity contribution in [2.24, 2.45) is 4.99 Å². The summed E-state index contributed by atoms with van der Waals surface area (Å²) >= 11 is 0. The van der Waals surface area contributed by atoms with Crippen molar-refractivity contribution >= 4 is 26.1 Å². The number of anilines is 2. The SMILES string of the molecule is C/C=C/C=C1\C=NC2Cc3c(nc(NC)nc3N2COCC[Si](C)(C)C)OCc2cc(F)cc(c2)OCCO1. The molecule has 0 saturated carbocycles. The number of aromatic nitrogens is 2. The second-order valence-corrected chi connectivity index (χ2v) is 16.2. The van der Waals surface area contributed by atoms with Crippen LogP contribution in [-0.4, -0.2) is 64.0 Å². The molecule has 0 saturated heterocycles. The molecule has 0 spiro atoms. The minimum Gasteiger partial charge on any atom is -0.490 e. The molecular weight excluding hydrogens is 517 g/mol. The van der Waals surface area contributed by atoms with Gasteiger partial charge < -0.3 is 29.2 Å². The zero-order chi connectivity index (χ0) is 27.8. The first-order chi connectivity index (χ1) is 18.8. The molecule has 4 bridgehead atoms. The molecule has 39 heavy (non-hydrogen) atoms. The summed E-state index contributed by atoms with van der Waals surface area (Å²) in [6.45, 7) is 10.5. The van der Waals surface area contributed by atoms with Gasteiger partial charge in [0.15, 0.2) is 0 Å². The van der Waals surface area contributed by atoms with E-state index in [1.54, 1.807) is 19.3 Å². The molecule has 2 aliphatic heterocycles. The number of allylic oxidation sites excluding steroid dienone is 4. The average Bonchev–Trinajstić information content (AvgIpc) is 3.24. The largest absolute Gasteiger partial charge is 0.490 e. The van der Waals surface area contributed by atoms with Crippen molar-refractivity contribution in [2.45, 2.75) is 51.8 Å². The molecular formula is C28H38FN5O4Si. The van der Waals surface area contributed by atoms with Gasteiger partial charge in [-0.1, -0.05) is 31.8 Å². The molecule has 4 rings (SSSR count). The van der Waals surface area contributed by atoms with Gasteiger partial charge in [0.05, 0.1) is 11.8 Å². The Kier molecular flexibility index (Phi) is 9.57. The maximum absolute atomic E-state index is 14.3. The summed E-state index contributed by atoms with van der Waals surface area (Å²) in [5, 5.41) is 3.02. The fourth-order valence-corrected chi connectivity index (χ4v) is 4.85. The van der Waals surface area contributed by atoms with E-state index in [4.69, 9.17) is 28.9 Å². The highest BCUT2D eigenvalue weighted by molar-refractivity contribution is 6.76. The van der Waals surface area contributed by atoms with Crippen LogP contribution >= 0.6 is 0 Å². The summed E-state index contributed by atoms with van der Waals surface area (Å²) < 4.78 is 38.3. The molecule has 2 aliphatic rings. The summed E-state index contributed by atoms with van der Waals surface area (Å²) in [4.78, 5) is 16.2. The third kappa shape index (κ3) is 8.03. The molecule has 9 nitrogen and oxygen atoms in total. The maximum atomic E-state index is 14.3. The first kappa shape index (κ1) is 28.6. The minimum absolute atomic E-state index is 0.119. The molecule has 1 atom stereocenters. The van der Waals surface area contributed by atoms with E-state index >= 15 is 0 Å². The normalized spacial score (nSPS) is 18.7. The van der Waals surface area contributed by atoms with Gasteiger partial charge in [0.2, 0.25) is 11.8 Å². The third-order valence-electron chi connectivity index (χ3n) is 6.17. The molecule has 1 unspecified atom stereocenters. The van der Waals surface area contributed by atoms with Crippen LogP contribution in [0.5, 0.6) is 11.6 Å². The molecule has 0 amide bonds. The van der Waals surface area contributed by atoms with Crippen molar-refractivity contribution in [1.29, 1.82) is 0 Å². The Hall–Kier alpha value is -3.44. The van der Waals surface area contributed by atoms with Crippen molar-refractivity contribution in [1.82, 2.24) is 9.97 Å². The van der Waals surface area contributed by atoms with E-state index in [-0.39, 0.29) is 26.0 Å². The van der Waals surface area contributed by atoms with Crippen LogP contribution in [0.3, 0.4) is 0 Å². The van der Waals surface area contributed by atoms with Crippen molar-refractivity contribution in [3.63, 3.8) is 0 Å². The standard InChI is InChI=1S/C28H38FN5O4Si/c1-6-7-8-22-17-31-25-16-24-26(34(25)19-35-11-12-39(3,4)5)32-28(30-2)33-27(24)38-18-20-13-21(29)15-23(14-20)37-10-9-36-22/h6-8,13-15,17,25H,9-12,16,18-19H2,1-5H3,(H,30,32,33)/b7-6+,22-8+,31-17?. The van der Waals surface area contributed by atoms with Crippen LogP contribution in [0.25, 0.3) is 0 Å². The Bertz CT molecular complexity index is 1230. The molecule has 2 aromatic rings. The highest BCUT2D eigenvalue weighted by Gasteiger charge is 2.35. The Balaban J connectivity index is 1.70. The van der Waals surface area contributed by atoms with E-state index in [9.17, 15) is 4.39 Å². The Morgan fingerprint density at radius 3 is 2.74 bits per heavy atom. The second kappa shape index (κ2) is 13.1. The summed E-state index contributed by atoms with van der Waals surface area (Å²) in [5.74, 6) is 2.12. The van der Waals surface area contributed by atoms with Gasteiger partial charge in [0.1, 0.15) is 55.9 Å². The van der Waals surface area contributed by atoms with E-state index < -0.39 is 13.9 Å². The number of benzene rings is 1. The van der Waals surface area contributed by atoms with Gasteiger partial charge >= 0.3 is 0 Å². The number of aliphatic imine (C=N–C) groups is 1. The minimum atomic E-state index is -1.24. The van der Waals surface area contributed by atoms with Crippen LogP contribution in [0.1, 0.15) is 18.1 Å². The summed E-state index contributed by atoms with van der Waals surface area (Å²) in [7, 11) is 0.515.